The van der Waals surface area contributed by atoms with Crippen molar-refractivity contribution in [2.75, 3.05) is 23.3 Å². The Hall–Kier alpha value is -2.64. The number of rotatable bonds is 8. The summed E-state index contributed by atoms with van der Waals surface area (Å²) in [6.45, 7) is 7.69. The molecule has 1 unspecified atom stereocenters. The average Bonchev–Trinajstić information content (AvgIpc) is 3.27. The summed E-state index contributed by atoms with van der Waals surface area (Å²) < 4.78 is 27.6. The fourth-order valence-corrected chi connectivity index (χ4v) is 4.76. The number of anilines is 2. The summed E-state index contributed by atoms with van der Waals surface area (Å²) in [5.41, 5.74) is 3.57. The molecule has 6 nitrogen and oxygen atoms in total. The van der Waals surface area contributed by atoms with Gasteiger partial charge < -0.3 is 10.2 Å². The van der Waals surface area contributed by atoms with Crippen LogP contribution in [0.3, 0.4) is 0 Å². The van der Waals surface area contributed by atoms with Gasteiger partial charge in [-0.05, 0) is 61.1 Å². The molecule has 1 saturated heterocycles. The van der Waals surface area contributed by atoms with Crippen molar-refractivity contribution in [1.82, 2.24) is 4.72 Å². The minimum atomic E-state index is -3.79. The van der Waals surface area contributed by atoms with Crippen LogP contribution in [0, 0.1) is 12.8 Å². The summed E-state index contributed by atoms with van der Waals surface area (Å²) in [6.07, 6.45) is 3.91. The normalized spacial score (nSPS) is 15.5. The third-order valence-electron chi connectivity index (χ3n) is 5.42. The highest BCUT2D eigenvalue weighted by atomic mass is 32.2. The first kappa shape index (κ1) is 23.0. The van der Waals surface area contributed by atoms with Gasteiger partial charge in [-0.15, -0.1) is 0 Å². The number of sulfonamides is 1. The van der Waals surface area contributed by atoms with Gasteiger partial charge in [0.2, 0.25) is 15.9 Å². The Morgan fingerprint density at radius 3 is 2.35 bits per heavy atom. The first-order valence-corrected chi connectivity index (χ1v) is 12.2. The van der Waals surface area contributed by atoms with E-state index in [1.807, 2.05) is 63.2 Å². The molecule has 1 heterocycles. The van der Waals surface area contributed by atoms with Crippen molar-refractivity contribution in [2.45, 2.75) is 39.7 Å². The highest BCUT2D eigenvalue weighted by Gasteiger charge is 2.27. The van der Waals surface area contributed by atoms with E-state index in [4.69, 9.17) is 0 Å². The monoisotopic (exact) mass is 441 g/mol. The number of carbonyl (C=O) groups excluding carboxylic acids is 1. The van der Waals surface area contributed by atoms with Crippen molar-refractivity contribution in [1.29, 1.82) is 0 Å². The Labute approximate surface area is 185 Å². The predicted octanol–water partition coefficient (Wildman–Crippen LogP) is 4.15. The van der Waals surface area contributed by atoms with Crippen LogP contribution in [-0.2, 0) is 14.8 Å². The number of amides is 1. The number of nitrogens with one attached hydrogen (secondary N) is 2. The molecule has 0 aliphatic carbocycles. The number of aryl methyl sites for hydroxylation is 1. The van der Waals surface area contributed by atoms with Gasteiger partial charge in [0.15, 0.2) is 0 Å². The molecule has 31 heavy (non-hydrogen) atoms. The minimum Gasteiger partial charge on any atom is -0.372 e. The predicted molar refractivity (Wildman–Crippen MR) is 127 cm³/mol. The van der Waals surface area contributed by atoms with Gasteiger partial charge in [0.05, 0.1) is 0 Å². The van der Waals surface area contributed by atoms with E-state index < -0.39 is 16.1 Å². The van der Waals surface area contributed by atoms with Crippen molar-refractivity contribution < 1.29 is 13.2 Å². The third kappa shape index (κ3) is 6.42. The molecule has 1 atom stereocenters. The zero-order chi connectivity index (χ0) is 22.4. The van der Waals surface area contributed by atoms with Crippen LogP contribution < -0.4 is 14.9 Å². The third-order valence-corrected chi connectivity index (χ3v) is 6.50. The van der Waals surface area contributed by atoms with E-state index in [-0.39, 0.29) is 11.8 Å². The molecule has 0 radical (unpaired) electrons. The Balaban J connectivity index is 1.69. The topological polar surface area (TPSA) is 78.5 Å². The molecule has 1 amide bonds. The maximum atomic E-state index is 12.9. The Morgan fingerprint density at radius 2 is 1.74 bits per heavy atom. The van der Waals surface area contributed by atoms with Gasteiger partial charge in [-0.2, -0.15) is 4.72 Å². The number of carbonyl (C=O) groups is 1. The molecule has 2 aromatic rings. The quantitative estimate of drug-likeness (QED) is 0.645. The summed E-state index contributed by atoms with van der Waals surface area (Å²) in [6, 6.07) is 14.2. The molecule has 2 aromatic carbocycles. The lowest BCUT2D eigenvalue weighted by Crippen LogP contribution is -2.46. The van der Waals surface area contributed by atoms with Gasteiger partial charge in [0.1, 0.15) is 6.04 Å². The van der Waals surface area contributed by atoms with Gasteiger partial charge in [-0.25, -0.2) is 8.42 Å². The summed E-state index contributed by atoms with van der Waals surface area (Å²) in [7, 11) is -3.79. The molecule has 0 spiro atoms. The van der Waals surface area contributed by atoms with Gasteiger partial charge in [0.25, 0.3) is 0 Å². The van der Waals surface area contributed by atoms with Crippen molar-refractivity contribution in [3.05, 3.63) is 65.1 Å². The van der Waals surface area contributed by atoms with E-state index in [0.717, 1.165) is 35.3 Å². The van der Waals surface area contributed by atoms with Crippen molar-refractivity contribution in [2.24, 2.45) is 5.92 Å². The smallest absolute Gasteiger partial charge is 0.242 e. The molecule has 0 saturated carbocycles. The van der Waals surface area contributed by atoms with E-state index in [0.29, 0.717) is 5.69 Å². The van der Waals surface area contributed by atoms with Crippen LogP contribution in [0.2, 0.25) is 0 Å². The molecule has 1 aliphatic heterocycles. The van der Waals surface area contributed by atoms with E-state index in [1.54, 1.807) is 0 Å². The molecule has 166 valence electrons. The second-order valence-electron chi connectivity index (χ2n) is 8.28. The van der Waals surface area contributed by atoms with Gasteiger partial charge >= 0.3 is 0 Å². The Bertz CT molecular complexity index is 1030. The largest absolute Gasteiger partial charge is 0.372 e. The fraction of sp³-hybridized carbons (Fsp3) is 0.375. The van der Waals surface area contributed by atoms with E-state index in [9.17, 15) is 13.2 Å². The summed E-state index contributed by atoms with van der Waals surface area (Å²) in [5, 5.41) is 4.00. The lowest BCUT2D eigenvalue weighted by Gasteiger charge is -2.22. The van der Waals surface area contributed by atoms with Crippen LogP contribution in [0.15, 0.2) is 53.9 Å². The number of hydrogen-bond acceptors (Lipinski definition) is 4. The van der Waals surface area contributed by atoms with Crippen molar-refractivity contribution in [3.63, 3.8) is 0 Å². The van der Waals surface area contributed by atoms with Crippen LogP contribution in [-0.4, -0.2) is 33.5 Å². The first-order valence-electron chi connectivity index (χ1n) is 10.7. The van der Waals surface area contributed by atoms with Gasteiger partial charge in [-0.1, -0.05) is 44.2 Å². The Kier molecular flexibility index (Phi) is 7.51. The molecule has 0 aromatic heterocycles. The Morgan fingerprint density at radius 1 is 1.06 bits per heavy atom. The van der Waals surface area contributed by atoms with E-state index >= 15 is 0 Å². The fourth-order valence-electron chi connectivity index (χ4n) is 3.61. The maximum Gasteiger partial charge on any atom is 0.242 e. The highest BCUT2D eigenvalue weighted by molar-refractivity contribution is 7.92. The molecule has 2 N–H and O–H groups in total. The first-order chi connectivity index (χ1) is 14.7. The van der Waals surface area contributed by atoms with Gasteiger partial charge in [-0.3, -0.25) is 4.79 Å². The maximum absolute atomic E-state index is 12.9. The lowest BCUT2D eigenvalue weighted by molar-refractivity contribution is -0.118. The molecule has 1 fully saturated rings. The molecule has 1 aliphatic rings. The highest BCUT2D eigenvalue weighted by Crippen LogP contribution is 2.26. The summed E-state index contributed by atoms with van der Waals surface area (Å²) in [4.78, 5) is 15.3. The van der Waals surface area contributed by atoms with Crippen LogP contribution in [0.5, 0.6) is 0 Å². The number of hydrogen-bond donors (Lipinski definition) is 2. The van der Waals surface area contributed by atoms with Crippen LogP contribution >= 0.6 is 0 Å². The molecular weight excluding hydrogens is 410 g/mol. The molecule has 0 bridgehead atoms. The minimum absolute atomic E-state index is 0.218. The molecular formula is C24H31N3O3S. The summed E-state index contributed by atoms with van der Waals surface area (Å²) in [5.74, 6) is -0.590. The van der Waals surface area contributed by atoms with Crippen molar-refractivity contribution >= 4 is 33.4 Å². The van der Waals surface area contributed by atoms with E-state index in [2.05, 4.69) is 21.0 Å². The second-order valence-corrected chi connectivity index (χ2v) is 9.88. The van der Waals surface area contributed by atoms with E-state index in [1.165, 1.54) is 18.9 Å². The molecule has 3 rings (SSSR count). The standard InChI is InChI=1S/C24H31N3O3S/c1-18(2)23(26-31(29,30)16-13-20-9-5-4-6-10-20)24(28)25-22-12-11-21(17-19(22)3)27-14-7-8-15-27/h4-6,9-13,16-18,23,26H,7-8,14-15H2,1-3H3,(H,25,28)/b16-13+. The average molecular weight is 442 g/mol. The zero-order valence-corrected chi connectivity index (χ0v) is 19.2. The van der Waals surface area contributed by atoms with Crippen LogP contribution in [0.1, 0.15) is 37.8 Å². The van der Waals surface area contributed by atoms with Crippen molar-refractivity contribution in [3.8, 4) is 0 Å². The number of benzene rings is 2. The number of nitrogens with zero attached hydrogens (tertiary/aromatic N) is 1. The van der Waals surface area contributed by atoms with Crippen LogP contribution in [0.25, 0.3) is 6.08 Å². The molecule has 7 heteroatoms. The van der Waals surface area contributed by atoms with Gasteiger partial charge in [0, 0.05) is 29.9 Å². The zero-order valence-electron chi connectivity index (χ0n) is 18.3. The lowest BCUT2D eigenvalue weighted by atomic mass is 10.0. The summed E-state index contributed by atoms with van der Waals surface area (Å²) >= 11 is 0. The van der Waals surface area contributed by atoms with Crippen LogP contribution in [0.4, 0.5) is 11.4 Å². The SMILES string of the molecule is Cc1cc(N2CCCC2)ccc1NC(=O)C(NS(=O)(=O)/C=C/c1ccccc1)C(C)C. The second kappa shape index (κ2) is 10.1.